The first-order valence-corrected chi connectivity index (χ1v) is 11.2. The molecule has 0 atom stereocenters. The largest absolute Gasteiger partial charge is 0.493 e. The van der Waals surface area contributed by atoms with Crippen molar-refractivity contribution in [2.45, 2.75) is 65.7 Å². The lowest BCUT2D eigenvalue weighted by molar-refractivity contribution is -0.131. The van der Waals surface area contributed by atoms with E-state index < -0.39 is 5.97 Å². The maximum atomic E-state index is 10.6. The van der Waals surface area contributed by atoms with E-state index in [0.29, 0.717) is 17.2 Å². The molecule has 30 heavy (non-hydrogen) atoms. The summed E-state index contributed by atoms with van der Waals surface area (Å²) in [6.07, 6.45) is 19.4. The molecule has 1 rings (SSSR count). The summed E-state index contributed by atoms with van der Waals surface area (Å²) < 4.78 is 6.00. The van der Waals surface area contributed by atoms with Gasteiger partial charge in [0.2, 0.25) is 0 Å². The molecule has 4 heteroatoms. The normalized spacial score (nSPS) is 12.8. The van der Waals surface area contributed by atoms with Crippen LogP contribution in [0.5, 0.6) is 5.75 Å². The molecule has 0 aromatic heterocycles. The van der Waals surface area contributed by atoms with Crippen molar-refractivity contribution in [1.29, 1.82) is 0 Å². The number of rotatable bonds is 14. The number of carboxylic acids is 1. The number of unbranched alkanes of at least 4 members (excludes halogenated alkanes) is 6. The SMILES string of the molecule is CCCCCCCCCOc1cccc(Cl)c1/C=C/C(C)=C/C=C/C(C)=C/C(=O)O. The van der Waals surface area contributed by atoms with Crippen LogP contribution in [0.1, 0.15) is 71.3 Å². The van der Waals surface area contributed by atoms with E-state index in [1.807, 2.05) is 49.4 Å². The second-order valence-electron chi connectivity index (χ2n) is 7.45. The molecule has 0 aliphatic carbocycles. The van der Waals surface area contributed by atoms with Gasteiger partial charge >= 0.3 is 5.97 Å². The predicted octanol–water partition coefficient (Wildman–Crippen LogP) is 8.02. The highest BCUT2D eigenvalue weighted by Gasteiger charge is 2.05. The van der Waals surface area contributed by atoms with Gasteiger partial charge in [0.25, 0.3) is 0 Å². The summed E-state index contributed by atoms with van der Waals surface area (Å²) in [6.45, 7) is 6.66. The molecule has 0 fully saturated rings. The monoisotopic (exact) mass is 430 g/mol. The molecule has 0 saturated heterocycles. The van der Waals surface area contributed by atoms with Crippen LogP contribution in [0.15, 0.2) is 59.7 Å². The molecule has 0 unspecified atom stereocenters. The lowest BCUT2D eigenvalue weighted by atomic mass is 10.1. The van der Waals surface area contributed by atoms with Gasteiger partial charge < -0.3 is 9.84 Å². The zero-order valence-corrected chi connectivity index (χ0v) is 19.3. The molecule has 0 radical (unpaired) electrons. The maximum Gasteiger partial charge on any atom is 0.328 e. The van der Waals surface area contributed by atoms with E-state index in [1.54, 1.807) is 13.0 Å². The van der Waals surface area contributed by atoms with E-state index in [-0.39, 0.29) is 0 Å². The summed E-state index contributed by atoms with van der Waals surface area (Å²) in [5.74, 6) is -0.145. The summed E-state index contributed by atoms with van der Waals surface area (Å²) in [6, 6.07) is 5.72. The van der Waals surface area contributed by atoms with E-state index in [0.717, 1.165) is 23.3 Å². The van der Waals surface area contributed by atoms with Gasteiger partial charge in [-0.25, -0.2) is 4.79 Å². The number of aliphatic carboxylic acids is 1. The molecule has 1 aromatic rings. The Hall–Kier alpha value is -2.26. The van der Waals surface area contributed by atoms with Gasteiger partial charge in [-0.1, -0.05) is 93.0 Å². The van der Waals surface area contributed by atoms with Crippen molar-refractivity contribution < 1.29 is 14.6 Å². The van der Waals surface area contributed by atoms with Gasteiger partial charge in [-0.15, -0.1) is 0 Å². The van der Waals surface area contributed by atoms with Crippen molar-refractivity contribution >= 4 is 23.6 Å². The van der Waals surface area contributed by atoms with Crippen LogP contribution in [0.25, 0.3) is 6.08 Å². The predicted molar refractivity (Wildman–Crippen MR) is 128 cm³/mol. The highest BCUT2D eigenvalue weighted by Crippen LogP contribution is 2.28. The third kappa shape index (κ3) is 11.7. The van der Waals surface area contributed by atoms with E-state index >= 15 is 0 Å². The fourth-order valence-corrected chi connectivity index (χ4v) is 3.14. The van der Waals surface area contributed by atoms with E-state index in [4.69, 9.17) is 21.4 Å². The topological polar surface area (TPSA) is 46.5 Å². The van der Waals surface area contributed by atoms with Crippen molar-refractivity contribution in [3.05, 3.63) is 70.3 Å². The van der Waals surface area contributed by atoms with Gasteiger partial charge in [0.1, 0.15) is 5.75 Å². The fraction of sp³-hybridized carbons (Fsp3) is 0.423. The van der Waals surface area contributed by atoms with E-state index in [2.05, 4.69) is 6.92 Å². The molecule has 0 heterocycles. The standard InChI is InChI=1S/C26H35ClO3/c1-4-5-6-7-8-9-10-19-30-25-16-12-15-24(27)23(25)18-17-21(2)13-11-14-22(3)20-26(28)29/h11-18,20H,4-10,19H2,1-3H3,(H,28,29)/b14-11+,18-17+,21-13+,22-20+. The number of benzene rings is 1. The molecular weight excluding hydrogens is 396 g/mol. The molecule has 0 aliphatic heterocycles. The van der Waals surface area contributed by atoms with Crippen molar-refractivity contribution in [3.8, 4) is 5.75 Å². The second kappa shape index (κ2) is 15.6. The summed E-state index contributed by atoms with van der Waals surface area (Å²) in [5, 5.41) is 9.39. The maximum absolute atomic E-state index is 10.6. The first-order chi connectivity index (χ1) is 14.4. The summed E-state index contributed by atoms with van der Waals surface area (Å²) in [5.41, 5.74) is 2.58. The molecule has 1 aromatic carbocycles. The first kappa shape index (κ1) is 25.8. The average molecular weight is 431 g/mol. The van der Waals surface area contributed by atoms with Gasteiger partial charge in [0.05, 0.1) is 11.6 Å². The molecule has 164 valence electrons. The van der Waals surface area contributed by atoms with Crippen LogP contribution in [0.2, 0.25) is 5.02 Å². The highest BCUT2D eigenvalue weighted by molar-refractivity contribution is 6.32. The van der Waals surface area contributed by atoms with Crippen LogP contribution >= 0.6 is 11.6 Å². The van der Waals surface area contributed by atoms with Crippen LogP contribution in [-0.4, -0.2) is 17.7 Å². The minimum atomic E-state index is -0.944. The molecule has 1 N–H and O–H groups in total. The molecule has 0 aliphatic rings. The number of carboxylic acid groups (broad SMARTS) is 1. The molecular formula is C26H35ClO3. The van der Waals surface area contributed by atoms with Crippen molar-refractivity contribution in [3.63, 3.8) is 0 Å². The fourth-order valence-electron chi connectivity index (χ4n) is 2.91. The minimum absolute atomic E-state index is 0.659. The van der Waals surface area contributed by atoms with Crippen LogP contribution in [-0.2, 0) is 4.79 Å². The van der Waals surface area contributed by atoms with Gasteiger partial charge in [0.15, 0.2) is 0 Å². The van der Waals surface area contributed by atoms with Crippen LogP contribution in [0.4, 0.5) is 0 Å². The Balaban J connectivity index is 2.62. The third-order valence-corrected chi connectivity index (χ3v) is 4.93. The molecule has 0 spiro atoms. The Kier molecular flexibility index (Phi) is 13.4. The highest BCUT2D eigenvalue weighted by atomic mass is 35.5. The smallest absolute Gasteiger partial charge is 0.328 e. The Morgan fingerprint density at radius 2 is 1.73 bits per heavy atom. The van der Waals surface area contributed by atoms with Crippen molar-refractivity contribution in [2.24, 2.45) is 0 Å². The quantitative estimate of drug-likeness (QED) is 0.184. The number of allylic oxidation sites excluding steroid dienone is 6. The number of halogens is 1. The Morgan fingerprint density at radius 3 is 2.43 bits per heavy atom. The van der Waals surface area contributed by atoms with Crippen LogP contribution in [0.3, 0.4) is 0 Å². The zero-order valence-electron chi connectivity index (χ0n) is 18.5. The van der Waals surface area contributed by atoms with Gasteiger partial charge in [-0.2, -0.15) is 0 Å². The molecule has 0 bridgehead atoms. The Labute approximate surface area is 186 Å². The number of carbonyl (C=O) groups is 1. The molecule has 0 amide bonds. The summed E-state index contributed by atoms with van der Waals surface area (Å²) in [4.78, 5) is 10.6. The third-order valence-electron chi connectivity index (χ3n) is 4.60. The van der Waals surface area contributed by atoms with Gasteiger partial charge in [0, 0.05) is 11.6 Å². The zero-order chi connectivity index (χ0) is 22.2. The lowest BCUT2D eigenvalue weighted by Crippen LogP contribution is -1.99. The molecule has 3 nitrogen and oxygen atoms in total. The average Bonchev–Trinajstić information content (AvgIpc) is 2.68. The van der Waals surface area contributed by atoms with E-state index in [1.165, 1.54) is 44.6 Å². The van der Waals surface area contributed by atoms with Gasteiger partial charge in [-0.3, -0.25) is 0 Å². The summed E-state index contributed by atoms with van der Waals surface area (Å²) in [7, 11) is 0. The Morgan fingerprint density at radius 1 is 1.03 bits per heavy atom. The summed E-state index contributed by atoms with van der Waals surface area (Å²) >= 11 is 6.39. The van der Waals surface area contributed by atoms with Crippen LogP contribution < -0.4 is 4.74 Å². The number of hydrogen-bond donors (Lipinski definition) is 1. The number of hydrogen-bond acceptors (Lipinski definition) is 2. The van der Waals surface area contributed by atoms with E-state index in [9.17, 15) is 4.79 Å². The van der Waals surface area contributed by atoms with Crippen molar-refractivity contribution in [1.82, 2.24) is 0 Å². The lowest BCUT2D eigenvalue weighted by Gasteiger charge is -2.10. The molecule has 0 saturated carbocycles. The Bertz CT molecular complexity index is 772. The van der Waals surface area contributed by atoms with Crippen LogP contribution in [0, 0.1) is 0 Å². The van der Waals surface area contributed by atoms with Crippen molar-refractivity contribution in [2.75, 3.05) is 6.61 Å². The first-order valence-electron chi connectivity index (χ1n) is 10.8. The van der Waals surface area contributed by atoms with Gasteiger partial charge in [-0.05, 0) is 44.1 Å². The minimum Gasteiger partial charge on any atom is -0.493 e. The number of ether oxygens (including phenoxy) is 1. The second-order valence-corrected chi connectivity index (χ2v) is 7.86.